The first kappa shape index (κ1) is 24.6. The predicted octanol–water partition coefficient (Wildman–Crippen LogP) is 3.37. The molecule has 7 nitrogen and oxygen atoms in total. The molecule has 0 bridgehead atoms. The minimum Gasteiger partial charge on any atom is -0.366 e. The normalized spacial score (nSPS) is 21.1. The number of nitrogens with one attached hydrogen (secondary N) is 1. The Morgan fingerprint density at radius 3 is 2.40 bits per heavy atom. The highest BCUT2D eigenvalue weighted by molar-refractivity contribution is 6.31. The average molecular weight is 516 g/mol. The highest BCUT2D eigenvalue weighted by Gasteiger charge is 2.57. The van der Waals surface area contributed by atoms with Crippen LogP contribution in [-0.2, 0) is 9.59 Å². The number of alkyl halides is 3. The number of carbonyl (C=O) groups excluding carboxylic acids is 4. The quantitative estimate of drug-likeness (QED) is 0.480. The molecule has 2 aromatic rings. The molecule has 184 valence electrons. The molecule has 2 heterocycles. The Morgan fingerprint density at radius 2 is 1.83 bits per heavy atom. The fourth-order valence-electron chi connectivity index (χ4n) is 4.55. The molecule has 1 saturated heterocycles. The second-order valence-corrected chi connectivity index (χ2v) is 8.47. The van der Waals surface area contributed by atoms with Crippen LogP contribution >= 0.6 is 11.6 Å². The van der Waals surface area contributed by atoms with E-state index in [-0.39, 0.29) is 12.8 Å². The van der Waals surface area contributed by atoms with E-state index < -0.39 is 86.7 Å². The van der Waals surface area contributed by atoms with Crippen LogP contribution in [0.4, 0.5) is 22.0 Å². The van der Waals surface area contributed by atoms with Crippen molar-refractivity contribution in [3.05, 3.63) is 69.2 Å². The number of carbonyl (C=O) groups is 4. The molecule has 0 aromatic heterocycles. The molecular weight excluding hydrogens is 501 g/mol. The minimum atomic E-state index is -5.19. The van der Waals surface area contributed by atoms with E-state index in [9.17, 15) is 36.7 Å². The van der Waals surface area contributed by atoms with E-state index in [4.69, 9.17) is 17.3 Å². The lowest BCUT2D eigenvalue weighted by Gasteiger charge is -2.39. The fraction of sp³-hybridized carbons (Fsp3) is 0.273. The van der Waals surface area contributed by atoms with Gasteiger partial charge in [-0.1, -0.05) is 17.7 Å². The summed E-state index contributed by atoms with van der Waals surface area (Å²) in [5.41, 5.74) is 2.37. The molecule has 2 aliphatic heterocycles. The molecule has 3 atom stereocenters. The van der Waals surface area contributed by atoms with Gasteiger partial charge in [-0.15, -0.1) is 0 Å². The van der Waals surface area contributed by atoms with Gasteiger partial charge in [-0.05, 0) is 36.2 Å². The number of amides is 4. The van der Waals surface area contributed by atoms with E-state index in [2.05, 4.69) is 0 Å². The van der Waals surface area contributed by atoms with Crippen LogP contribution in [0.3, 0.4) is 0 Å². The zero-order chi connectivity index (χ0) is 25.8. The van der Waals surface area contributed by atoms with Gasteiger partial charge < -0.3 is 10.6 Å². The molecule has 35 heavy (non-hydrogen) atoms. The summed E-state index contributed by atoms with van der Waals surface area (Å²) >= 11 is 5.94. The Kier molecular flexibility index (Phi) is 6.04. The van der Waals surface area contributed by atoms with Crippen molar-refractivity contribution in [3.8, 4) is 0 Å². The predicted molar refractivity (Wildman–Crippen MR) is 110 cm³/mol. The van der Waals surface area contributed by atoms with E-state index in [0.29, 0.717) is 17.0 Å². The lowest BCUT2D eigenvalue weighted by molar-refractivity contribution is -0.167. The van der Waals surface area contributed by atoms with Crippen LogP contribution in [0, 0.1) is 11.6 Å². The summed E-state index contributed by atoms with van der Waals surface area (Å²) in [6, 6.07) is 0.0920. The van der Waals surface area contributed by atoms with Gasteiger partial charge in [0.25, 0.3) is 11.8 Å². The van der Waals surface area contributed by atoms with Gasteiger partial charge in [0.05, 0.1) is 11.6 Å². The van der Waals surface area contributed by atoms with E-state index >= 15 is 4.39 Å². The van der Waals surface area contributed by atoms with Crippen molar-refractivity contribution in [1.29, 1.82) is 0 Å². The van der Waals surface area contributed by atoms with Crippen LogP contribution in [0.2, 0.25) is 5.02 Å². The van der Waals surface area contributed by atoms with E-state index in [1.54, 1.807) is 0 Å². The molecular formula is C22H15ClF5N3O4. The van der Waals surface area contributed by atoms with Crippen LogP contribution < -0.4 is 11.1 Å². The van der Waals surface area contributed by atoms with Crippen molar-refractivity contribution >= 4 is 35.2 Å². The maximum Gasteiger partial charge on any atom is 0.398 e. The number of imide groups is 1. The zero-order valence-electron chi connectivity index (χ0n) is 17.5. The first-order chi connectivity index (χ1) is 16.3. The Hall–Kier alpha value is -3.54. The first-order valence-electron chi connectivity index (χ1n) is 10.1. The fourth-order valence-corrected chi connectivity index (χ4v) is 4.84. The summed E-state index contributed by atoms with van der Waals surface area (Å²) in [7, 11) is 0. The van der Waals surface area contributed by atoms with Gasteiger partial charge in [-0.3, -0.25) is 24.5 Å². The number of piperidine rings is 1. The monoisotopic (exact) mass is 515 g/mol. The van der Waals surface area contributed by atoms with Crippen molar-refractivity contribution in [1.82, 2.24) is 10.2 Å². The molecule has 0 radical (unpaired) electrons. The number of benzene rings is 2. The van der Waals surface area contributed by atoms with Crippen molar-refractivity contribution in [3.63, 3.8) is 0 Å². The number of hydrogen-bond acceptors (Lipinski definition) is 4. The minimum absolute atomic E-state index is 0.285. The number of hydrogen-bond donors (Lipinski definition) is 2. The molecule has 13 heteroatoms. The molecule has 3 N–H and O–H groups in total. The van der Waals surface area contributed by atoms with Crippen LogP contribution in [0.5, 0.6) is 0 Å². The van der Waals surface area contributed by atoms with Gasteiger partial charge in [0.2, 0.25) is 11.8 Å². The first-order valence-corrected chi connectivity index (χ1v) is 10.5. The van der Waals surface area contributed by atoms with Crippen molar-refractivity contribution in [2.24, 2.45) is 5.73 Å². The lowest BCUT2D eigenvalue weighted by atomic mass is 9.84. The average Bonchev–Trinajstić information content (AvgIpc) is 3.02. The molecule has 0 aliphatic carbocycles. The third kappa shape index (κ3) is 4.11. The zero-order valence-corrected chi connectivity index (χ0v) is 18.2. The maximum absolute atomic E-state index is 15.5. The lowest BCUT2D eigenvalue weighted by Crippen LogP contribution is -2.55. The second kappa shape index (κ2) is 8.59. The van der Waals surface area contributed by atoms with Gasteiger partial charge in [0.15, 0.2) is 0 Å². The molecule has 4 amide bonds. The topological polar surface area (TPSA) is 110 Å². The highest BCUT2D eigenvalue weighted by Crippen LogP contribution is 2.53. The number of fused-ring (bicyclic) bond motifs is 1. The second-order valence-electron chi connectivity index (χ2n) is 8.06. The van der Waals surface area contributed by atoms with E-state index in [1.165, 1.54) is 0 Å². The molecule has 4 rings (SSSR count). The number of nitrogens with two attached hydrogens (primary N) is 1. The highest BCUT2D eigenvalue weighted by atomic mass is 35.5. The molecule has 2 aliphatic rings. The van der Waals surface area contributed by atoms with Gasteiger partial charge in [0.1, 0.15) is 23.6 Å². The summed E-state index contributed by atoms with van der Waals surface area (Å²) in [6.07, 6.45) is -5.80. The van der Waals surface area contributed by atoms with Crippen LogP contribution in [0.1, 0.15) is 56.6 Å². The van der Waals surface area contributed by atoms with E-state index in [0.717, 1.165) is 18.2 Å². The van der Waals surface area contributed by atoms with Crippen LogP contribution in [0.15, 0.2) is 30.3 Å². The van der Waals surface area contributed by atoms with Gasteiger partial charge in [-0.25, -0.2) is 8.78 Å². The number of halogens is 6. The number of primary amides is 1. The largest absolute Gasteiger partial charge is 0.398 e. The summed E-state index contributed by atoms with van der Waals surface area (Å²) in [5, 5.41) is 1.31. The maximum atomic E-state index is 15.5. The van der Waals surface area contributed by atoms with Gasteiger partial charge in [-0.2, -0.15) is 13.2 Å². The third-order valence-corrected chi connectivity index (χ3v) is 6.34. The Bertz CT molecular complexity index is 1280. The van der Waals surface area contributed by atoms with Crippen molar-refractivity contribution < 1.29 is 41.1 Å². The number of rotatable bonds is 4. The molecule has 1 fully saturated rings. The summed E-state index contributed by atoms with van der Waals surface area (Å²) in [4.78, 5) is 49.7. The summed E-state index contributed by atoms with van der Waals surface area (Å²) in [5.74, 6) is -9.29. The van der Waals surface area contributed by atoms with Crippen LogP contribution in [-0.4, -0.2) is 40.7 Å². The van der Waals surface area contributed by atoms with Crippen LogP contribution in [0.25, 0.3) is 0 Å². The molecule has 0 saturated carbocycles. The van der Waals surface area contributed by atoms with Gasteiger partial charge in [0, 0.05) is 22.6 Å². The van der Waals surface area contributed by atoms with Crippen molar-refractivity contribution in [2.75, 3.05) is 0 Å². The molecule has 2 unspecified atom stereocenters. The smallest absolute Gasteiger partial charge is 0.366 e. The SMILES string of the molecule is NC(=O)c1ccc2c(c1F)C([C@@H](c1ccc(F)cc1Cl)C(F)(F)F)N(C1CCC(=O)NC1=O)C2=O. The number of nitrogens with zero attached hydrogens (tertiary/aromatic N) is 1. The Balaban J connectivity index is 2.01. The molecule has 2 aromatic carbocycles. The van der Waals surface area contributed by atoms with E-state index in [1.807, 2.05) is 5.32 Å². The van der Waals surface area contributed by atoms with Gasteiger partial charge >= 0.3 is 6.18 Å². The van der Waals surface area contributed by atoms with Crippen molar-refractivity contribution in [2.45, 2.75) is 37.0 Å². The Labute approximate surface area is 199 Å². The third-order valence-electron chi connectivity index (χ3n) is 6.02. The summed E-state index contributed by atoms with van der Waals surface area (Å²) in [6.45, 7) is 0. The molecule has 0 spiro atoms. The Morgan fingerprint density at radius 1 is 1.14 bits per heavy atom. The standard InChI is InChI=1S/C22H15ClF5N3O4/c23-12-7-8(24)1-2-9(12)16(22(26,27)28)18-15-10(3-4-11(17(15)25)19(29)33)21(35)31(18)13-5-6-14(32)30-20(13)34/h1-4,7,13,16,18H,5-6H2,(H2,29,33)(H,30,32,34)/t13?,16-,18?/m1/s1. The summed E-state index contributed by atoms with van der Waals surface area (Å²) < 4.78 is 72.9.